The van der Waals surface area contributed by atoms with E-state index in [1.165, 1.54) is 6.20 Å². The molecule has 8 heteroatoms. The molecule has 0 bridgehead atoms. The predicted octanol–water partition coefficient (Wildman–Crippen LogP) is 0.785. The zero-order valence-electron chi connectivity index (χ0n) is 11.0. The van der Waals surface area contributed by atoms with E-state index in [1.807, 2.05) is 11.0 Å². The van der Waals surface area contributed by atoms with Crippen molar-refractivity contribution in [2.45, 2.75) is 18.4 Å². The Morgan fingerprint density at radius 3 is 2.90 bits per heavy atom. The number of hydrogen-bond acceptors (Lipinski definition) is 5. The van der Waals surface area contributed by atoms with Gasteiger partial charge in [-0.2, -0.15) is 5.26 Å². The Morgan fingerprint density at radius 1 is 1.48 bits per heavy atom. The maximum atomic E-state index is 12.0. The maximum absolute atomic E-state index is 12.0. The number of carbonyl (C=O) groups excluding carboxylic acids is 2. The molecule has 1 aromatic heterocycles. The van der Waals surface area contributed by atoms with E-state index >= 15 is 0 Å². The summed E-state index contributed by atoms with van der Waals surface area (Å²) in [6, 6.07) is 3.04. The molecule has 1 aromatic rings. The Bertz CT molecular complexity index is 671. The fourth-order valence-corrected chi connectivity index (χ4v) is 3.06. The van der Waals surface area contributed by atoms with Crippen molar-refractivity contribution < 1.29 is 9.59 Å². The van der Waals surface area contributed by atoms with Crippen LogP contribution in [0.4, 0.5) is 10.6 Å². The SMILES string of the molecule is N#Cc1cnc(N2CCCC3(C2)NC(=O)NC3=O)c(Cl)c1. The summed E-state index contributed by atoms with van der Waals surface area (Å²) in [5, 5.41) is 14.2. The molecule has 0 aliphatic carbocycles. The molecule has 3 rings (SSSR count). The van der Waals surface area contributed by atoms with Gasteiger partial charge in [-0.1, -0.05) is 11.6 Å². The molecular weight excluding hydrogens is 294 g/mol. The number of piperidine rings is 1. The third kappa shape index (κ3) is 2.28. The minimum atomic E-state index is -0.922. The van der Waals surface area contributed by atoms with E-state index < -0.39 is 11.6 Å². The van der Waals surface area contributed by atoms with Crippen LogP contribution in [0.1, 0.15) is 18.4 Å². The number of carbonyl (C=O) groups is 2. The van der Waals surface area contributed by atoms with Gasteiger partial charge in [0.05, 0.1) is 17.1 Å². The summed E-state index contributed by atoms with van der Waals surface area (Å²) in [6.45, 7) is 0.993. The summed E-state index contributed by atoms with van der Waals surface area (Å²) in [4.78, 5) is 29.4. The molecular formula is C13H12ClN5O2. The molecule has 1 atom stereocenters. The Hall–Kier alpha value is -2.33. The van der Waals surface area contributed by atoms with Gasteiger partial charge in [0.1, 0.15) is 17.4 Å². The molecule has 2 fully saturated rings. The molecule has 1 spiro atoms. The van der Waals surface area contributed by atoms with Crippen LogP contribution in [0.25, 0.3) is 0 Å². The highest BCUT2D eigenvalue weighted by atomic mass is 35.5. The van der Waals surface area contributed by atoms with Crippen LogP contribution in [0.15, 0.2) is 12.3 Å². The van der Waals surface area contributed by atoms with E-state index in [0.717, 1.165) is 6.42 Å². The van der Waals surface area contributed by atoms with Gasteiger partial charge in [0, 0.05) is 12.7 Å². The minimum Gasteiger partial charge on any atom is -0.352 e. The molecule has 7 nitrogen and oxygen atoms in total. The van der Waals surface area contributed by atoms with Crippen LogP contribution in [0.3, 0.4) is 0 Å². The fraction of sp³-hybridized carbons (Fsp3) is 0.385. The van der Waals surface area contributed by atoms with Crippen molar-refractivity contribution in [1.29, 1.82) is 5.26 Å². The molecule has 2 aliphatic heterocycles. The number of hydrogen-bond donors (Lipinski definition) is 2. The van der Waals surface area contributed by atoms with Crippen LogP contribution in [0, 0.1) is 11.3 Å². The number of nitrogens with zero attached hydrogens (tertiary/aromatic N) is 3. The number of anilines is 1. The number of pyridine rings is 1. The van der Waals surface area contributed by atoms with Crippen molar-refractivity contribution in [1.82, 2.24) is 15.6 Å². The summed E-state index contributed by atoms with van der Waals surface area (Å²) in [5.41, 5.74) is -0.545. The van der Waals surface area contributed by atoms with Gasteiger partial charge in [-0.05, 0) is 18.9 Å². The van der Waals surface area contributed by atoms with E-state index in [4.69, 9.17) is 16.9 Å². The second kappa shape index (κ2) is 4.90. The Morgan fingerprint density at radius 2 is 2.29 bits per heavy atom. The average Bonchev–Trinajstić information content (AvgIpc) is 2.72. The Labute approximate surface area is 125 Å². The summed E-state index contributed by atoms with van der Waals surface area (Å²) in [7, 11) is 0. The average molecular weight is 306 g/mol. The normalized spacial score (nSPS) is 24.7. The van der Waals surface area contributed by atoms with Crippen molar-refractivity contribution in [3.63, 3.8) is 0 Å². The molecule has 0 aromatic carbocycles. The van der Waals surface area contributed by atoms with Gasteiger partial charge in [-0.25, -0.2) is 9.78 Å². The minimum absolute atomic E-state index is 0.309. The van der Waals surface area contributed by atoms with Crippen molar-refractivity contribution in [2.24, 2.45) is 0 Å². The number of imide groups is 1. The second-order valence-corrected chi connectivity index (χ2v) is 5.56. The fourth-order valence-electron chi connectivity index (χ4n) is 2.78. The van der Waals surface area contributed by atoms with Gasteiger partial charge in [0.25, 0.3) is 5.91 Å². The molecule has 0 radical (unpaired) electrons. The molecule has 108 valence electrons. The maximum Gasteiger partial charge on any atom is 0.322 e. The molecule has 2 saturated heterocycles. The number of amides is 3. The molecule has 2 N–H and O–H groups in total. The monoisotopic (exact) mass is 305 g/mol. The zero-order valence-corrected chi connectivity index (χ0v) is 11.8. The zero-order chi connectivity index (χ0) is 15.0. The van der Waals surface area contributed by atoms with Gasteiger partial charge in [0.2, 0.25) is 0 Å². The number of halogens is 1. The molecule has 3 heterocycles. The van der Waals surface area contributed by atoms with Crippen molar-refractivity contribution in [3.05, 3.63) is 22.8 Å². The summed E-state index contributed by atoms with van der Waals surface area (Å²) >= 11 is 6.16. The highest BCUT2D eigenvalue weighted by Gasteiger charge is 2.49. The highest BCUT2D eigenvalue weighted by molar-refractivity contribution is 6.33. The van der Waals surface area contributed by atoms with Crippen LogP contribution < -0.4 is 15.5 Å². The number of nitriles is 1. The van der Waals surface area contributed by atoms with Crippen LogP contribution in [0.5, 0.6) is 0 Å². The summed E-state index contributed by atoms with van der Waals surface area (Å²) in [6.07, 6.45) is 2.75. The Kier molecular flexibility index (Phi) is 3.18. The molecule has 0 saturated carbocycles. The lowest BCUT2D eigenvalue weighted by molar-refractivity contribution is -0.124. The first kappa shape index (κ1) is 13.6. The van der Waals surface area contributed by atoms with Gasteiger partial charge in [-0.15, -0.1) is 0 Å². The first-order chi connectivity index (χ1) is 10.0. The van der Waals surface area contributed by atoms with Crippen LogP contribution >= 0.6 is 11.6 Å². The van der Waals surface area contributed by atoms with Crippen molar-refractivity contribution in [2.75, 3.05) is 18.0 Å². The largest absolute Gasteiger partial charge is 0.352 e. The standard InChI is InChI=1S/C13H12ClN5O2/c14-9-4-8(5-15)6-16-10(9)19-3-1-2-13(7-19)11(20)17-12(21)18-13/h4,6H,1-3,7H2,(H2,17,18,20,21). The third-order valence-electron chi connectivity index (χ3n) is 3.76. The van der Waals surface area contributed by atoms with E-state index in [1.54, 1.807) is 6.07 Å². The van der Waals surface area contributed by atoms with Gasteiger partial charge < -0.3 is 10.2 Å². The highest BCUT2D eigenvalue weighted by Crippen LogP contribution is 2.31. The van der Waals surface area contributed by atoms with Crippen molar-refractivity contribution >= 4 is 29.4 Å². The first-order valence-corrected chi connectivity index (χ1v) is 6.86. The van der Waals surface area contributed by atoms with Gasteiger partial charge in [-0.3, -0.25) is 10.1 Å². The number of aromatic nitrogens is 1. The second-order valence-electron chi connectivity index (χ2n) is 5.16. The quantitative estimate of drug-likeness (QED) is 0.747. The predicted molar refractivity (Wildman–Crippen MR) is 74.8 cm³/mol. The van der Waals surface area contributed by atoms with E-state index in [0.29, 0.717) is 35.9 Å². The van der Waals surface area contributed by atoms with E-state index in [2.05, 4.69) is 15.6 Å². The smallest absolute Gasteiger partial charge is 0.322 e. The van der Waals surface area contributed by atoms with Crippen LogP contribution in [0.2, 0.25) is 5.02 Å². The lowest BCUT2D eigenvalue weighted by Gasteiger charge is -2.38. The number of rotatable bonds is 1. The molecule has 2 aliphatic rings. The summed E-state index contributed by atoms with van der Waals surface area (Å²) in [5.74, 6) is 0.200. The Balaban J connectivity index is 1.89. The third-order valence-corrected chi connectivity index (χ3v) is 4.04. The molecule has 1 unspecified atom stereocenters. The lowest BCUT2D eigenvalue weighted by atomic mass is 9.89. The van der Waals surface area contributed by atoms with E-state index in [9.17, 15) is 9.59 Å². The van der Waals surface area contributed by atoms with E-state index in [-0.39, 0.29) is 5.91 Å². The molecule has 21 heavy (non-hydrogen) atoms. The van der Waals surface area contributed by atoms with Gasteiger partial charge >= 0.3 is 6.03 Å². The number of urea groups is 1. The van der Waals surface area contributed by atoms with Gasteiger partial charge in [0.15, 0.2) is 0 Å². The van der Waals surface area contributed by atoms with Crippen molar-refractivity contribution in [3.8, 4) is 6.07 Å². The van der Waals surface area contributed by atoms with Crippen LogP contribution in [-0.4, -0.2) is 35.6 Å². The molecule has 3 amide bonds. The van der Waals surface area contributed by atoms with Crippen LogP contribution in [-0.2, 0) is 4.79 Å². The first-order valence-electron chi connectivity index (χ1n) is 6.48. The summed E-state index contributed by atoms with van der Waals surface area (Å²) < 4.78 is 0. The lowest BCUT2D eigenvalue weighted by Crippen LogP contribution is -2.58. The number of nitrogens with one attached hydrogen (secondary N) is 2. The topological polar surface area (TPSA) is 98.1 Å².